The largest absolute Gasteiger partial charge is 0.340 e. The van der Waals surface area contributed by atoms with Gasteiger partial charge >= 0.3 is 30.4 Å². The van der Waals surface area contributed by atoms with Crippen molar-refractivity contribution in [1.82, 2.24) is 19.8 Å². The molecular formula is C10H28HoN4O12P4. The zero-order chi connectivity index (χ0) is 23.4. The summed E-state index contributed by atoms with van der Waals surface area (Å²) in [6.45, 7) is -0.688. The summed E-state index contributed by atoms with van der Waals surface area (Å²) in [7, 11) is -18.4. The average molecular weight is 686 g/mol. The maximum atomic E-state index is 11.5. The second-order valence-electron chi connectivity index (χ2n) is 6.92. The predicted octanol–water partition coefficient (Wildman–Crippen LogP) is -2.34. The summed E-state index contributed by atoms with van der Waals surface area (Å²) in [6, 6.07) is 0. The Hall–Kier alpha value is 1.70. The number of hydrogen-bond donors (Lipinski definition) is 8. The first-order valence-electron chi connectivity index (χ1n) is 8.46. The molecule has 1 aliphatic heterocycles. The second kappa shape index (κ2) is 13.1. The van der Waals surface area contributed by atoms with Gasteiger partial charge in [0.25, 0.3) is 0 Å². The SMILES string of the molecule is O=P(O)(O)CN1CCN(CP(=O)(O)O)CCN(CP(=O)(O)O)N(CP(=O)(O)O)CC1.[166Ho]. The van der Waals surface area contributed by atoms with Crippen LogP contribution in [-0.2, 0) is 18.3 Å². The Labute approximate surface area is 208 Å². The van der Waals surface area contributed by atoms with Gasteiger partial charge in [0.05, 0.1) is 0 Å². The van der Waals surface area contributed by atoms with E-state index in [1.54, 1.807) is 0 Å². The molecule has 0 saturated carbocycles. The van der Waals surface area contributed by atoms with Crippen molar-refractivity contribution < 1.29 is 95.1 Å². The van der Waals surface area contributed by atoms with Crippen molar-refractivity contribution in [2.75, 3.05) is 64.4 Å². The summed E-state index contributed by atoms with van der Waals surface area (Å²) in [5.74, 6) is 0. The molecule has 0 atom stereocenters. The van der Waals surface area contributed by atoms with Gasteiger partial charge in [-0.3, -0.25) is 28.1 Å². The van der Waals surface area contributed by atoms with E-state index in [1.165, 1.54) is 9.80 Å². The van der Waals surface area contributed by atoms with Crippen LogP contribution < -0.4 is 0 Å². The summed E-state index contributed by atoms with van der Waals surface area (Å²) in [6.07, 6.45) is -3.23. The topological polar surface area (TPSA) is 243 Å². The van der Waals surface area contributed by atoms with Crippen molar-refractivity contribution in [2.24, 2.45) is 0 Å². The van der Waals surface area contributed by atoms with E-state index >= 15 is 0 Å². The van der Waals surface area contributed by atoms with E-state index in [0.717, 1.165) is 10.0 Å². The number of nitrogens with zero attached hydrogens (tertiary/aromatic N) is 4. The first-order valence-corrected chi connectivity index (χ1v) is 15.6. The van der Waals surface area contributed by atoms with Gasteiger partial charge in [0.2, 0.25) is 0 Å². The van der Waals surface area contributed by atoms with Crippen LogP contribution in [0.15, 0.2) is 0 Å². The molecular weight excluding hydrogens is 658 g/mol. The summed E-state index contributed by atoms with van der Waals surface area (Å²) in [5.41, 5.74) is 0. The molecule has 1 heterocycles. The second-order valence-corrected chi connectivity index (χ2v) is 13.4. The van der Waals surface area contributed by atoms with Crippen LogP contribution in [0.5, 0.6) is 0 Å². The summed E-state index contributed by atoms with van der Waals surface area (Å²) in [4.78, 5) is 76.8. The fraction of sp³-hybridized carbons (Fsp3) is 1.00. The molecule has 1 saturated heterocycles. The molecule has 21 heteroatoms. The molecule has 0 bridgehead atoms. The molecule has 0 spiro atoms. The maximum absolute atomic E-state index is 11.5. The van der Waals surface area contributed by atoms with Crippen LogP contribution in [0.1, 0.15) is 0 Å². The zero-order valence-corrected chi connectivity index (χ0v) is 21.7. The van der Waals surface area contributed by atoms with Crippen molar-refractivity contribution in [3.8, 4) is 0 Å². The van der Waals surface area contributed by atoms with Gasteiger partial charge in [-0.05, 0) is 0 Å². The molecule has 0 aliphatic carbocycles. The third-order valence-corrected chi connectivity index (χ3v) is 6.87. The molecule has 1 radical (unpaired) electrons. The molecule has 0 aromatic heterocycles. The Bertz CT molecular complexity index is 690. The minimum atomic E-state index is -4.68. The van der Waals surface area contributed by atoms with E-state index in [4.69, 9.17) is 0 Å². The first kappa shape index (κ1) is 32.7. The van der Waals surface area contributed by atoms with Crippen LogP contribution in [0.25, 0.3) is 0 Å². The maximum Gasteiger partial charge on any atom is 0.340 e. The van der Waals surface area contributed by atoms with Crippen LogP contribution in [-0.4, -0.2) is 123 Å². The van der Waals surface area contributed by atoms with Crippen LogP contribution in [0.4, 0.5) is 0 Å². The van der Waals surface area contributed by atoms with Gasteiger partial charge < -0.3 is 39.1 Å². The standard InChI is InChI=1S/C10H28N4O12P4.Ho/c15-27(16,17)7-11-1-2-12(8-28(18,19)20)4-6-14(10-30(24,25)26)13(5-3-11)9-29(21,22)23;/h1-10H2,(H2,15,16,17)(H2,18,19,20)(H2,21,22,23)(H2,24,25,26);/i;1+1. The van der Waals surface area contributed by atoms with Gasteiger partial charge in [-0.15, -0.1) is 0 Å². The van der Waals surface area contributed by atoms with E-state index in [-0.39, 0.29) is 77.0 Å². The Kier molecular flexibility index (Phi) is 13.9. The summed E-state index contributed by atoms with van der Waals surface area (Å²) in [5, 5.41) is 1.96. The van der Waals surface area contributed by atoms with Gasteiger partial charge in [-0.25, -0.2) is 10.0 Å². The quantitative estimate of drug-likeness (QED) is 0.0986. The molecule has 1 rings (SSSR count). The molecule has 1 aliphatic rings. The van der Waals surface area contributed by atoms with Gasteiger partial charge in [-0.2, -0.15) is 0 Å². The molecule has 1 fully saturated rings. The van der Waals surface area contributed by atoms with Crippen molar-refractivity contribution in [2.45, 2.75) is 0 Å². The molecule has 0 aromatic carbocycles. The molecule has 8 N–H and O–H groups in total. The summed E-state index contributed by atoms with van der Waals surface area (Å²) >= 11 is 0. The summed E-state index contributed by atoms with van der Waals surface area (Å²) < 4.78 is 45.8. The predicted molar refractivity (Wildman–Crippen MR) is 104 cm³/mol. The zero-order valence-electron chi connectivity index (χ0n) is 16.2. The number of hydrogen-bond acceptors (Lipinski definition) is 8. The van der Waals surface area contributed by atoms with Gasteiger partial charge in [0.1, 0.15) is 25.1 Å². The fourth-order valence-corrected chi connectivity index (χ4v) is 5.95. The van der Waals surface area contributed by atoms with E-state index < -0.39 is 55.5 Å². The van der Waals surface area contributed by atoms with Gasteiger partial charge in [-0.1, -0.05) is 0 Å². The molecule has 31 heavy (non-hydrogen) atoms. The molecule has 0 amide bonds. The fourth-order valence-electron chi connectivity index (χ4n) is 2.85. The average Bonchev–Trinajstić information content (AvgIpc) is 2.46. The smallest absolute Gasteiger partial charge is 0.324 e. The van der Waals surface area contributed by atoms with Crippen LogP contribution in [0, 0.1) is 37.7 Å². The van der Waals surface area contributed by atoms with Crippen molar-refractivity contribution >= 4 is 30.4 Å². The Morgan fingerprint density at radius 1 is 0.452 bits per heavy atom. The van der Waals surface area contributed by atoms with E-state index in [0.29, 0.717) is 0 Å². The molecule has 0 aromatic rings. The molecule has 16 nitrogen and oxygen atoms in total. The third kappa shape index (κ3) is 16.9. The van der Waals surface area contributed by atoms with Crippen molar-refractivity contribution in [1.29, 1.82) is 0 Å². The van der Waals surface area contributed by atoms with Crippen LogP contribution >= 0.6 is 30.4 Å². The van der Waals surface area contributed by atoms with Gasteiger partial charge in [0.15, 0.2) is 0 Å². The van der Waals surface area contributed by atoms with E-state index in [2.05, 4.69) is 0 Å². The van der Waals surface area contributed by atoms with Crippen LogP contribution in [0.3, 0.4) is 0 Å². The number of rotatable bonds is 8. The normalized spacial score (nSPS) is 20.4. The van der Waals surface area contributed by atoms with E-state index in [9.17, 15) is 57.4 Å². The minimum Gasteiger partial charge on any atom is -0.324 e. The monoisotopic (exact) mass is 686 g/mol. The van der Waals surface area contributed by atoms with E-state index in [1.807, 2.05) is 0 Å². The number of hydrazine groups is 1. The van der Waals surface area contributed by atoms with Gasteiger partial charge in [0, 0.05) is 77.0 Å². The minimum absolute atomic E-state index is 0. The molecule has 191 valence electrons. The van der Waals surface area contributed by atoms with Crippen LogP contribution in [0.2, 0.25) is 0 Å². The Balaban J connectivity index is 0.00000900. The van der Waals surface area contributed by atoms with Crippen molar-refractivity contribution in [3.05, 3.63) is 0 Å². The van der Waals surface area contributed by atoms with Crippen molar-refractivity contribution in [3.63, 3.8) is 0 Å². The first-order chi connectivity index (χ1) is 13.3. The third-order valence-electron chi connectivity index (χ3n) is 3.94. The Morgan fingerprint density at radius 3 is 0.903 bits per heavy atom. The molecule has 0 unspecified atom stereocenters. The Morgan fingerprint density at radius 2 is 0.677 bits per heavy atom.